The average molecular weight is 373 g/mol. The molecule has 0 bridgehead atoms. The van der Waals surface area contributed by atoms with Crippen molar-refractivity contribution in [1.82, 2.24) is 9.38 Å². The molecule has 4 aromatic rings. The molecule has 2 heterocycles. The molecule has 0 saturated carbocycles. The third-order valence-corrected chi connectivity index (χ3v) is 4.22. The highest BCUT2D eigenvalue weighted by atomic mass is 16.5. The van der Waals surface area contributed by atoms with Crippen LogP contribution in [-0.2, 0) is 4.79 Å². The number of carbonyl (C=O) groups is 1. The predicted octanol–water partition coefficient (Wildman–Crippen LogP) is 4.03. The molecule has 0 unspecified atom stereocenters. The summed E-state index contributed by atoms with van der Waals surface area (Å²) < 4.78 is 12.6. The molecule has 6 heteroatoms. The number of hydrogen-bond donors (Lipinski definition) is 1. The lowest BCUT2D eigenvalue weighted by atomic mass is 10.1. The topological polar surface area (TPSA) is 64.9 Å². The quantitative estimate of drug-likeness (QED) is 0.554. The lowest BCUT2D eigenvalue weighted by Crippen LogP contribution is -2.20. The molecule has 0 saturated heterocycles. The number of anilines is 1. The number of carbonyl (C=O) groups excluding carboxylic acids is 1. The standard InChI is InChI=1S/C22H19N3O3/c1-27-18-8-5-9-19(13-18)28-15-22(26)23-17-7-4-6-16(12-17)20-14-25-11-3-2-10-21(25)24-20/h2-14H,15H2,1H3,(H,23,26). The monoisotopic (exact) mass is 373 g/mol. The zero-order chi connectivity index (χ0) is 19.3. The van der Waals surface area contributed by atoms with Crippen molar-refractivity contribution in [2.24, 2.45) is 0 Å². The molecule has 0 spiro atoms. The van der Waals surface area contributed by atoms with Crippen LogP contribution in [0.25, 0.3) is 16.9 Å². The minimum Gasteiger partial charge on any atom is -0.497 e. The van der Waals surface area contributed by atoms with Crippen molar-refractivity contribution in [1.29, 1.82) is 0 Å². The Labute approximate surface area is 162 Å². The van der Waals surface area contributed by atoms with E-state index in [2.05, 4.69) is 10.3 Å². The number of ether oxygens (including phenoxy) is 2. The van der Waals surface area contributed by atoms with Crippen LogP contribution in [0, 0.1) is 0 Å². The Morgan fingerprint density at radius 3 is 2.75 bits per heavy atom. The van der Waals surface area contributed by atoms with E-state index >= 15 is 0 Å². The first-order chi connectivity index (χ1) is 13.7. The molecule has 4 rings (SSSR count). The fraction of sp³-hybridized carbons (Fsp3) is 0.0909. The van der Waals surface area contributed by atoms with Gasteiger partial charge in [0.2, 0.25) is 0 Å². The van der Waals surface area contributed by atoms with E-state index in [9.17, 15) is 4.79 Å². The highest BCUT2D eigenvalue weighted by Crippen LogP contribution is 2.23. The first-order valence-corrected chi connectivity index (χ1v) is 8.82. The number of nitrogens with one attached hydrogen (secondary N) is 1. The van der Waals surface area contributed by atoms with Crippen LogP contribution in [0.2, 0.25) is 0 Å². The van der Waals surface area contributed by atoms with Gasteiger partial charge >= 0.3 is 0 Å². The lowest BCUT2D eigenvalue weighted by Gasteiger charge is -2.09. The number of rotatable bonds is 6. The van der Waals surface area contributed by atoms with E-state index in [0.29, 0.717) is 17.2 Å². The fourth-order valence-corrected chi connectivity index (χ4v) is 2.87. The molecule has 28 heavy (non-hydrogen) atoms. The van der Waals surface area contributed by atoms with Gasteiger partial charge in [-0.05, 0) is 36.4 Å². The molecule has 6 nitrogen and oxygen atoms in total. The molecular weight excluding hydrogens is 354 g/mol. The van der Waals surface area contributed by atoms with Crippen LogP contribution < -0.4 is 14.8 Å². The molecule has 140 valence electrons. The summed E-state index contributed by atoms with van der Waals surface area (Å²) in [5.74, 6) is 1.01. The summed E-state index contributed by atoms with van der Waals surface area (Å²) in [4.78, 5) is 16.9. The molecule has 2 aromatic heterocycles. The van der Waals surface area contributed by atoms with Gasteiger partial charge in [0.15, 0.2) is 6.61 Å². The van der Waals surface area contributed by atoms with Crippen LogP contribution in [0.4, 0.5) is 5.69 Å². The molecule has 0 radical (unpaired) electrons. The number of aromatic nitrogens is 2. The van der Waals surface area contributed by atoms with Gasteiger partial charge in [-0.25, -0.2) is 4.98 Å². The second-order valence-electron chi connectivity index (χ2n) is 6.19. The molecule has 2 aromatic carbocycles. The van der Waals surface area contributed by atoms with Gasteiger partial charge in [-0.1, -0.05) is 24.3 Å². The van der Waals surface area contributed by atoms with E-state index in [1.807, 2.05) is 71.4 Å². The van der Waals surface area contributed by atoms with Crippen molar-refractivity contribution in [3.63, 3.8) is 0 Å². The Hall–Kier alpha value is -3.80. The maximum absolute atomic E-state index is 12.2. The summed E-state index contributed by atoms with van der Waals surface area (Å²) in [7, 11) is 1.59. The van der Waals surface area contributed by atoms with Gasteiger partial charge in [-0.3, -0.25) is 4.79 Å². The molecule has 0 aliphatic rings. The molecule has 1 N–H and O–H groups in total. The van der Waals surface area contributed by atoms with E-state index in [4.69, 9.17) is 9.47 Å². The molecule has 0 fully saturated rings. The van der Waals surface area contributed by atoms with Gasteiger partial charge in [-0.2, -0.15) is 0 Å². The number of pyridine rings is 1. The van der Waals surface area contributed by atoms with Crippen LogP contribution in [0.3, 0.4) is 0 Å². The molecule has 0 atom stereocenters. The van der Waals surface area contributed by atoms with Crippen molar-refractivity contribution in [3.8, 4) is 22.8 Å². The highest BCUT2D eigenvalue weighted by Gasteiger charge is 2.08. The summed E-state index contributed by atoms with van der Waals surface area (Å²) in [6.45, 7) is -0.0915. The van der Waals surface area contributed by atoms with Gasteiger partial charge < -0.3 is 19.2 Å². The fourth-order valence-electron chi connectivity index (χ4n) is 2.87. The Kier molecular flexibility index (Phi) is 4.93. The lowest BCUT2D eigenvalue weighted by molar-refractivity contribution is -0.118. The zero-order valence-corrected chi connectivity index (χ0v) is 15.3. The number of nitrogens with zero attached hydrogens (tertiary/aromatic N) is 2. The van der Waals surface area contributed by atoms with Crippen molar-refractivity contribution < 1.29 is 14.3 Å². The summed E-state index contributed by atoms with van der Waals surface area (Å²) in [5, 5.41) is 2.85. The third-order valence-electron chi connectivity index (χ3n) is 4.22. The van der Waals surface area contributed by atoms with Crippen molar-refractivity contribution in [2.75, 3.05) is 19.0 Å². The van der Waals surface area contributed by atoms with Gasteiger partial charge in [0, 0.05) is 29.7 Å². The Morgan fingerprint density at radius 2 is 1.89 bits per heavy atom. The van der Waals surface area contributed by atoms with E-state index in [1.54, 1.807) is 19.2 Å². The van der Waals surface area contributed by atoms with E-state index in [-0.39, 0.29) is 12.5 Å². The Balaban J connectivity index is 1.43. The summed E-state index contributed by atoms with van der Waals surface area (Å²) in [6.07, 6.45) is 3.91. The minimum atomic E-state index is -0.241. The van der Waals surface area contributed by atoms with Gasteiger partial charge in [0.1, 0.15) is 17.1 Å². The Morgan fingerprint density at radius 1 is 1.04 bits per heavy atom. The number of fused-ring (bicyclic) bond motifs is 1. The van der Waals surface area contributed by atoms with Crippen LogP contribution in [0.1, 0.15) is 0 Å². The average Bonchev–Trinajstić information content (AvgIpc) is 3.17. The Bertz CT molecular complexity index is 1090. The molecule has 0 aliphatic carbocycles. The van der Waals surface area contributed by atoms with Gasteiger partial charge in [-0.15, -0.1) is 0 Å². The smallest absolute Gasteiger partial charge is 0.262 e. The highest BCUT2D eigenvalue weighted by molar-refractivity contribution is 5.92. The maximum Gasteiger partial charge on any atom is 0.262 e. The third kappa shape index (κ3) is 3.96. The summed E-state index contributed by atoms with van der Waals surface area (Å²) >= 11 is 0. The first kappa shape index (κ1) is 17.6. The summed E-state index contributed by atoms with van der Waals surface area (Å²) in [5.41, 5.74) is 3.33. The number of amides is 1. The van der Waals surface area contributed by atoms with Crippen LogP contribution in [-0.4, -0.2) is 29.0 Å². The second-order valence-corrected chi connectivity index (χ2v) is 6.19. The molecule has 1 amide bonds. The number of benzene rings is 2. The van der Waals surface area contributed by atoms with Crippen molar-refractivity contribution >= 4 is 17.2 Å². The van der Waals surface area contributed by atoms with Crippen LogP contribution in [0.5, 0.6) is 11.5 Å². The molecule has 0 aliphatic heterocycles. The van der Waals surface area contributed by atoms with Crippen molar-refractivity contribution in [2.45, 2.75) is 0 Å². The van der Waals surface area contributed by atoms with Crippen molar-refractivity contribution in [3.05, 3.63) is 79.1 Å². The van der Waals surface area contributed by atoms with E-state index < -0.39 is 0 Å². The van der Waals surface area contributed by atoms with Crippen LogP contribution in [0.15, 0.2) is 79.1 Å². The van der Waals surface area contributed by atoms with E-state index in [0.717, 1.165) is 16.9 Å². The first-order valence-electron chi connectivity index (χ1n) is 8.82. The van der Waals surface area contributed by atoms with Gasteiger partial charge in [0.25, 0.3) is 5.91 Å². The number of methoxy groups -OCH3 is 1. The predicted molar refractivity (Wildman–Crippen MR) is 108 cm³/mol. The molecular formula is C22H19N3O3. The second kappa shape index (κ2) is 7.84. The zero-order valence-electron chi connectivity index (χ0n) is 15.3. The minimum absolute atomic E-state index is 0.0915. The normalized spacial score (nSPS) is 10.6. The number of imidazole rings is 1. The number of hydrogen-bond acceptors (Lipinski definition) is 4. The maximum atomic E-state index is 12.2. The van der Waals surface area contributed by atoms with Crippen LogP contribution >= 0.6 is 0 Å². The largest absolute Gasteiger partial charge is 0.497 e. The SMILES string of the molecule is COc1cccc(OCC(=O)Nc2cccc(-c3cn4ccccc4n3)c2)c1. The summed E-state index contributed by atoms with van der Waals surface area (Å²) in [6, 6.07) is 20.6. The van der Waals surface area contributed by atoms with Gasteiger partial charge in [0.05, 0.1) is 12.8 Å². The van der Waals surface area contributed by atoms with E-state index in [1.165, 1.54) is 0 Å².